The minimum atomic E-state index is -2.97. The van der Waals surface area contributed by atoms with Crippen LogP contribution in [0, 0.1) is 23.4 Å². The number of carbonyl (C=O) groups excluding carboxylic acids is 2. The van der Waals surface area contributed by atoms with Crippen molar-refractivity contribution in [3.8, 4) is 11.1 Å². The molecular formula is C26H24F6N2O3. The Morgan fingerprint density at radius 2 is 1.84 bits per heavy atom. The molecule has 0 aromatic heterocycles. The lowest BCUT2D eigenvalue weighted by atomic mass is 9.81. The number of hydrogen-bond acceptors (Lipinski definition) is 3. The number of amides is 2. The van der Waals surface area contributed by atoms with Crippen LogP contribution in [0.2, 0.25) is 0 Å². The van der Waals surface area contributed by atoms with E-state index in [1.54, 1.807) is 0 Å². The molecule has 1 saturated carbocycles. The molecule has 2 amide bonds. The molecule has 2 aliphatic heterocycles. The van der Waals surface area contributed by atoms with E-state index in [4.69, 9.17) is 4.74 Å². The topological polar surface area (TPSA) is 58.6 Å². The normalized spacial score (nSPS) is 29.5. The molecule has 5 rings (SSSR count). The zero-order chi connectivity index (χ0) is 26.5. The van der Waals surface area contributed by atoms with Gasteiger partial charge in [0.25, 0.3) is 6.43 Å². The second-order valence-corrected chi connectivity index (χ2v) is 9.97. The maximum Gasteiger partial charge on any atom is 0.258 e. The Bertz CT molecular complexity index is 1200. The van der Waals surface area contributed by atoms with E-state index < -0.39 is 65.4 Å². The average molecular weight is 526 g/mol. The number of benzene rings is 2. The molecule has 5 nitrogen and oxygen atoms in total. The molecule has 0 radical (unpaired) electrons. The van der Waals surface area contributed by atoms with Gasteiger partial charge in [0.2, 0.25) is 11.8 Å². The maximum atomic E-state index is 15.7. The average Bonchev–Trinajstić information content (AvgIpc) is 3.10. The number of halogens is 6. The molecule has 2 aromatic rings. The van der Waals surface area contributed by atoms with Crippen molar-refractivity contribution < 1.29 is 40.7 Å². The van der Waals surface area contributed by atoms with Crippen LogP contribution >= 0.6 is 0 Å². The number of carbonyl (C=O) groups is 2. The Morgan fingerprint density at radius 3 is 2.46 bits per heavy atom. The number of likely N-dealkylation sites (tertiary alicyclic amines) is 1. The molecule has 1 N–H and O–H groups in total. The monoisotopic (exact) mass is 526 g/mol. The summed E-state index contributed by atoms with van der Waals surface area (Å²) in [5.41, 5.74) is -1.60. The summed E-state index contributed by atoms with van der Waals surface area (Å²) in [5.74, 6) is -4.67. The van der Waals surface area contributed by atoms with Gasteiger partial charge in [0, 0.05) is 24.0 Å². The molecule has 2 heterocycles. The molecule has 3 fully saturated rings. The number of nitrogens with zero attached hydrogens (tertiary/aromatic N) is 1. The molecule has 2 saturated heterocycles. The highest BCUT2D eigenvalue weighted by Gasteiger charge is 2.59. The van der Waals surface area contributed by atoms with Gasteiger partial charge in [-0.1, -0.05) is 18.2 Å². The van der Waals surface area contributed by atoms with Crippen LogP contribution in [0.25, 0.3) is 11.1 Å². The van der Waals surface area contributed by atoms with Crippen molar-refractivity contribution >= 4 is 11.8 Å². The zero-order valence-electron chi connectivity index (χ0n) is 19.5. The molecular weight excluding hydrogens is 502 g/mol. The van der Waals surface area contributed by atoms with Gasteiger partial charge in [-0.3, -0.25) is 9.59 Å². The Morgan fingerprint density at radius 1 is 1.14 bits per heavy atom. The molecule has 1 spiro atoms. The van der Waals surface area contributed by atoms with Gasteiger partial charge in [0.15, 0.2) is 0 Å². The van der Waals surface area contributed by atoms with E-state index in [0.717, 1.165) is 17.0 Å². The highest BCUT2D eigenvalue weighted by atomic mass is 19.3. The molecule has 37 heavy (non-hydrogen) atoms. The third-order valence-electron chi connectivity index (χ3n) is 7.53. The van der Waals surface area contributed by atoms with Gasteiger partial charge in [-0.15, -0.1) is 0 Å². The number of morpholine rings is 1. The summed E-state index contributed by atoms with van der Waals surface area (Å²) in [4.78, 5) is 26.6. The Kier molecular flexibility index (Phi) is 6.68. The van der Waals surface area contributed by atoms with E-state index in [9.17, 15) is 31.5 Å². The first-order valence-electron chi connectivity index (χ1n) is 11.9. The lowest BCUT2D eigenvalue weighted by Crippen LogP contribution is -2.64. The number of rotatable bonds is 5. The number of hydrogen-bond donors (Lipinski definition) is 1. The maximum absolute atomic E-state index is 15.7. The molecule has 11 heteroatoms. The quantitative estimate of drug-likeness (QED) is 0.595. The summed E-state index contributed by atoms with van der Waals surface area (Å²) in [7, 11) is 0. The molecule has 1 aliphatic carbocycles. The van der Waals surface area contributed by atoms with Crippen LogP contribution in [-0.4, -0.2) is 60.1 Å². The van der Waals surface area contributed by atoms with Crippen molar-refractivity contribution in [1.82, 2.24) is 10.2 Å². The van der Waals surface area contributed by atoms with Crippen LogP contribution < -0.4 is 5.32 Å². The van der Waals surface area contributed by atoms with Crippen LogP contribution in [-0.2, 0) is 20.7 Å². The van der Waals surface area contributed by atoms with Crippen molar-refractivity contribution in [2.45, 2.75) is 55.9 Å². The molecule has 3 aliphatic rings. The van der Waals surface area contributed by atoms with Gasteiger partial charge in [0.1, 0.15) is 30.2 Å². The SMILES string of the molecule is O=C1COC[C@@]2(C[C@@H](C(F)F)N(C(=O)[C@H]3C[C@@H](F)C3)[C@H]2Cc2cccc(-c3cc(F)cc(F)c3)c2F)N1. The van der Waals surface area contributed by atoms with Crippen molar-refractivity contribution in [2.75, 3.05) is 13.2 Å². The smallest absolute Gasteiger partial charge is 0.258 e. The van der Waals surface area contributed by atoms with Crippen LogP contribution in [0.15, 0.2) is 36.4 Å². The van der Waals surface area contributed by atoms with Gasteiger partial charge < -0.3 is 15.0 Å². The minimum absolute atomic E-state index is 0.00365. The number of alkyl halides is 3. The van der Waals surface area contributed by atoms with Gasteiger partial charge >= 0.3 is 0 Å². The van der Waals surface area contributed by atoms with Crippen LogP contribution in [0.3, 0.4) is 0 Å². The lowest BCUT2D eigenvalue weighted by molar-refractivity contribution is -0.149. The van der Waals surface area contributed by atoms with E-state index in [1.165, 1.54) is 18.2 Å². The first-order chi connectivity index (χ1) is 17.6. The zero-order valence-corrected chi connectivity index (χ0v) is 19.5. The van der Waals surface area contributed by atoms with E-state index in [-0.39, 0.29) is 55.6 Å². The molecule has 0 unspecified atom stereocenters. The fraction of sp³-hybridized carbons (Fsp3) is 0.462. The Hall–Kier alpha value is -3.08. The molecule has 198 valence electrons. The van der Waals surface area contributed by atoms with E-state index in [0.29, 0.717) is 6.07 Å². The Labute approximate surface area is 208 Å². The third kappa shape index (κ3) is 4.69. The van der Waals surface area contributed by atoms with Crippen molar-refractivity contribution in [2.24, 2.45) is 5.92 Å². The first kappa shape index (κ1) is 25.6. The van der Waals surface area contributed by atoms with Crippen molar-refractivity contribution in [3.63, 3.8) is 0 Å². The number of ether oxygens (including phenoxy) is 1. The van der Waals surface area contributed by atoms with E-state index >= 15 is 4.39 Å². The lowest BCUT2D eigenvalue weighted by Gasteiger charge is -2.43. The van der Waals surface area contributed by atoms with Gasteiger partial charge in [-0.05, 0) is 42.5 Å². The predicted molar refractivity (Wildman–Crippen MR) is 120 cm³/mol. The largest absolute Gasteiger partial charge is 0.369 e. The summed E-state index contributed by atoms with van der Waals surface area (Å²) in [6.45, 7) is -0.466. The van der Waals surface area contributed by atoms with Crippen LogP contribution in [0.4, 0.5) is 26.3 Å². The molecule has 3 atom stereocenters. The first-order valence-corrected chi connectivity index (χ1v) is 11.9. The summed E-state index contributed by atoms with van der Waals surface area (Å²) < 4.78 is 90.7. The second-order valence-electron chi connectivity index (χ2n) is 9.97. The van der Waals surface area contributed by atoms with E-state index in [2.05, 4.69) is 5.32 Å². The minimum Gasteiger partial charge on any atom is -0.369 e. The Balaban J connectivity index is 1.56. The summed E-state index contributed by atoms with van der Waals surface area (Å²) in [6, 6.07) is 4.00. The fourth-order valence-corrected chi connectivity index (χ4v) is 5.73. The van der Waals surface area contributed by atoms with Gasteiger partial charge in [0.05, 0.1) is 24.2 Å². The molecule has 0 bridgehead atoms. The van der Waals surface area contributed by atoms with Crippen LogP contribution in [0.1, 0.15) is 24.8 Å². The highest BCUT2D eigenvalue weighted by molar-refractivity contribution is 5.83. The van der Waals surface area contributed by atoms with Gasteiger partial charge in [-0.2, -0.15) is 0 Å². The fourth-order valence-electron chi connectivity index (χ4n) is 5.73. The standard InChI is InChI=1S/C26H24F6N2O3/c27-16-6-15(7-16)25(36)34-20(24(31)32)10-26(12-37-11-22(35)33-26)21(34)8-13-2-1-3-19(23(13)30)14-4-17(28)9-18(29)5-14/h1-5,9,15-16,20-21,24H,6-8,10-12H2,(H,33,35)/t15-,16+,20-,21-,26+/m0/s1. The van der Waals surface area contributed by atoms with Crippen LogP contribution in [0.5, 0.6) is 0 Å². The second kappa shape index (κ2) is 9.66. The summed E-state index contributed by atoms with van der Waals surface area (Å²) in [5, 5.41) is 2.71. The predicted octanol–water partition coefficient (Wildman–Crippen LogP) is 4.18. The van der Waals surface area contributed by atoms with Crippen molar-refractivity contribution in [1.29, 1.82) is 0 Å². The van der Waals surface area contributed by atoms with Crippen molar-refractivity contribution in [3.05, 3.63) is 59.4 Å². The molecule has 2 aromatic carbocycles. The third-order valence-corrected chi connectivity index (χ3v) is 7.53. The van der Waals surface area contributed by atoms with Gasteiger partial charge in [-0.25, -0.2) is 26.3 Å². The van der Waals surface area contributed by atoms with E-state index in [1.807, 2.05) is 0 Å². The summed E-state index contributed by atoms with van der Waals surface area (Å²) in [6.07, 6.45) is -4.98. The highest BCUT2D eigenvalue weighted by Crippen LogP contribution is 2.43. The summed E-state index contributed by atoms with van der Waals surface area (Å²) >= 11 is 0. The number of nitrogens with one attached hydrogen (secondary N) is 1.